The van der Waals surface area contributed by atoms with Gasteiger partial charge >= 0.3 is 0 Å². The fraction of sp³-hybridized carbons (Fsp3) is 0.529. The molecule has 0 aromatic rings. The molecule has 0 aromatic carbocycles. The number of nitrogens with zero attached hydrogens (tertiary/aromatic N) is 2. The molecule has 4 aliphatic rings. The summed E-state index contributed by atoms with van der Waals surface area (Å²) in [5.74, 6) is 1.22. The third-order valence-electron chi connectivity index (χ3n) is 4.70. The van der Waals surface area contributed by atoms with Crippen LogP contribution in [0, 0.1) is 5.92 Å². The van der Waals surface area contributed by atoms with E-state index in [0.29, 0.717) is 11.8 Å². The highest BCUT2D eigenvalue weighted by Crippen LogP contribution is 2.34. The van der Waals surface area contributed by atoms with Crippen molar-refractivity contribution in [3.63, 3.8) is 0 Å². The van der Waals surface area contributed by atoms with Gasteiger partial charge in [0.1, 0.15) is 6.10 Å². The third-order valence-corrected chi connectivity index (χ3v) is 4.70. The van der Waals surface area contributed by atoms with Crippen LogP contribution in [0.2, 0.25) is 0 Å². The number of ether oxygens (including phenoxy) is 1. The molecule has 3 atom stereocenters. The molecule has 4 rings (SSSR count). The zero-order valence-electron chi connectivity index (χ0n) is 12.7. The van der Waals surface area contributed by atoms with Crippen LogP contribution in [0.25, 0.3) is 0 Å². The lowest BCUT2D eigenvalue weighted by Gasteiger charge is -2.26. The summed E-state index contributed by atoms with van der Waals surface area (Å²) in [4.78, 5) is 9.07. The number of fused-ring (bicyclic) bond motifs is 3. The summed E-state index contributed by atoms with van der Waals surface area (Å²) < 4.78 is 6.14. The summed E-state index contributed by atoms with van der Waals surface area (Å²) in [6, 6.07) is 0. The molecule has 0 spiro atoms. The lowest BCUT2D eigenvalue weighted by Crippen LogP contribution is -2.33. The van der Waals surface area contributed by atoms with Crippen molar-refractivity contribution in [2.24, 2.45) is 21.6 Å². The van der Waals surface area contributed by atoms with Crippen LogP contribution in [0.4, 0.5) is 0 Å². The highest BCUT2D eigenvalue weighted by Gasteiger charge is 2.32. The van der Waals surface area contributed by atoms with Crippen LogP contribution in [-0.4, -0.2) is 37.1 Å². The molecule has 0 bridgehead atoms. The normalized spacial score (nSPS) is 33.8. The predicted octanol–water partition coefficient (Wildman–Crippen LogP) is 1.68. The maximum absolute atomic E-state index is 6.14. The second-order valence-corrected chi connectivity index (χ2v) is 6.24. The van der Waals surface area contributed by atoms with Crippen molar-refractivity contribution < 1.29 is 4.74 Å². The average molecular weight is 298 g/mol. The summed E-state index contributed by atoms with van der Waals surface area (Å²) in [5.41, 5.74) is 9.37. The Morgan fingerprint density at radius 3 is 3.09 bits per heavy atom. The molecule has 0 saturated carbocycles. The van der Waals surface area contributed by atoms with E-state index in [4.69, 9.17) is 10.5 Å². The first-order chi connectivity index (χ1) is 10.8. The van der Waals surface area contributed by atoms with E-state index < -0.39 is 6.29 Å². The molecular weight excluding hydrogens is 276 g/mol. The van der Waals surface area contributed by atoms with E-state index in [1.54, 1.807) is 0 Å². The van der Waals surface area contributed by atoms with Gasteiger partial charge in [0.05, 0.1) is 11.3 Å². The van der Waals surface area contributed by atoms with Crippen molar-refractivity contribution in [1.29, 1.82) is 0 Å². The second kappa shape index (κ2) is 5.82. The van der Waals surface area contributed by atoms with Crippen LogP contribution in [0.15, 0.2) is 45.4 Å². The zero-order chi connectivity index (χ0) is 14.9. The molecule has 2 heterocycles. The number of hydrogen-bond donors (Lipinski definition) is 2. The van der Waals surface area contributed by atoms with Gasteiger partial charge in [-0.3, -0.25) is 5.73 Å². The number of rotatable bonds is 1. The molecule has 2 aliphatic carbocycles. The molecular formula is C17H22N4O. The summed E-state index contributed by atoms with van der Waals surface area (Å²) in [5, 5.41) is 3.32. The second-order valence-electron chi connectivity index (χ2n) is 6.24. The first-order valence-electron chi connectivity index (χ1n) is 8.18. The minimum absolute atomic E-state index is 0.186. The Labute approximate surface area is 130 Å². The van der Waals surface area contributed by atoms with Crippen LogP contribution >= 0.6 is 0 Å². The Morgan fingerprint density at radius 2 is 2.23 bits per heavy atom. The Bertz CT molecular complexity index is 608. The minimum Gasteiger partial charge on any atom is -0.473 e. The zero-order valence-corrected chi connectivity index (χ0v) is 12.7. The maximum atomic E-state index is 6.14. The molecule has 22 heavy (non-hydrogen) atoms. The first kappa shape index (κ1) is 13.9. The van der Waals surface area contributed by atoms with E-state index in [1.807, 2.05) is 0 Å². The standard InChI is InChI=1S/C17H22N4O/c18-17-20-15-13-6-2-1-4-11(13)5-3-7-14(15)16(21-17)22-12-8-9-19-10-12/h1-2,6-7,11-12,17,19H,3-5,8-10,18H2/t11?,12-,17?/m0/s1. The van der Waals surface area contributed by atoms with Gasteiger partial charge in [-0.2, -0.15) is 0 Å². The molecule has 116 valence electrons. The van der Waals surface area contributed by atoms with Gasteiger partial charge in [0, 0.05) is 6.54 Å². The lowest BCUT2D eigenvalue weighted by atomic mass is 9.85. The van der Waals surface area contributed by atoms with Gasteiger partial charge in [-0.05, 0) is 43.7 Å². The number of allylic oxidation sites excluding steroid dienone is 5. The average Bonchev–Trinajstić information content (AvgIpc) is 2.95. The smallest absolute Gasteiger partial charge is 0.221 e. The van der Waals surface area contributed by atoms with Gasteiger partial charge in [-0.15, -0.1) is 0 Å². The molecule has 0 amide bonds. The van der Waals surface area contributed by atoms with E-state index in [-0.39, 0.29) is 6.10 Å². The fourth-order valence-corrected chi connectivity index (χ4v) is 3.57. The van der Waals surface area contributed by atoms with Crippen molar-refractivity contribution >= 4 is 11.6 Å². The van der Waals surface area contributed by atoms with Gasteiger partial charge in [0.15, 0.2) is 6.29 Å². The van der Waals surface area contributed by atoms with Crippen LogP contribution in [-0.2, 0) is 4.74 Å². The van der Waals surface area contributed by atoms with E-state index in [2.05, 4.69) is 39.6 Å². The highest BCUT2D eigenvalue weighted by atomic mass is 16.5. The Hall–Kier alpha value is -1.72. The molecule has 0 aromatic heterocycles. The van der Waals surface area contributed by atoms with Crippen molar-refractivity contribution in [3.05, 3.63) is 35.5 Å². The molecule has 2 unspecified atom stereocenters. The number of nitrogens with two attached hydrogens (primary N) is 1. The van der Waals surface area contributed by atoms with E-state index in [1.165, 1.54) is 5.57 Å². The quantitative estimate of drug-likeness (QED) is 0.773. The Kier molecular flexibility index (Phi) is 3.68. The van der Waals surface area contributed by atoms with E-state index in [0.717, 1.165) is 50.1 Å². The molecule has 2 aliphatic heterocycles. The molecule has 1 fully saturated rings. The summed E-state index contributed by atoms with van der Waals surface area (Å²) in [6.07, 6.45) is 12.7. The van der Waals surface area contributed by atoms with Crippen LogP contribution < -0.4 is 11.1 Å². The van der Waals surface area contributed by atoms with Crippen molar-refractivity contribution in [2.75, 3.05) is 13.1 Å². The van der Waals surface area contributed by atoms with Crippen LogP contribution in [0.3, 0.4) is 0 Å². The predicted molar refractivity (Wildman–Crippen MR) is 87.9 cm³/mol. The Balaban J connectivity index is 1.66. The maximum Gasteiger partial charge on any atom is 0.221 e. The van der Waals surface area contributed by atoms with Gasteiger partial charge < -0.3 is 10.1 Å². The third kappa shape index (κ3) is 2.55. The molecule has 3 N–H and O–H groups in total. The molecule has 1 saturated heterocycles. The van der Waals surface area contributed by atoms with Gasteiger partial charge in [0.2, 0.25) is 5.90 Å². The van der Waals surface area contributed by atoms with Crippen molar-refractivity contribution in [2.45, 2.75) is 38.1 Å². The highest BCUT2D eigenvalue weighted by molar-refractivity contribution is 6.29. The topological polar surface area (TPSA) is 72.0 Å². The minimum atomic E-state index is -0.554. The van der Waals surface area contributed by atoms with E-state index >= 15 is 0 Å². The van der Waals surface area contributed by atoms with E-state index in [9.17, 15) is 0 Å². The SMILES string of the molecule is NC1N=C(O[C@H]2CCNC2)C2=CCCC3CC=CC=C3C2=N1. The largest absolute Gasteiger partial charge is 0.473 e. The number of hydrogen-bond acceptors (Lipinski definition) is 5. The molecule has 5 heteroatoms. The molecule has 0 radical (unpaired) electrons. The van der Waals surface area contributed by atoms with Crippen molar-refractivity contribution in [3.8, 4) is 0 Å². The first-order valence-corrected chi connectivity index (χ1v) is 8.18. The van der Waals surface area contributed by atoms with Crippen molar-refractivity contribution in [1.82, 2.24) is 5.32 Å². The van der Waals surface area contributed by atoms with Gasteiger partial charge in [-0.25, -0.2) is 9.98 Å². The number of nitrogens with one attached hydrogen (secondary N) is 1. The monoisotopic (exact) mass is 298 g/mol. The summed E-state index contributed by atoms with van der Waals surface area (Å²) in [6.45, 7) is 1.88. The summed E-state index contributed by atoms with van der Waals surface area (Å²) >= 11 is 0. The fourth-order valence-electron chi connectivity index (χ4n) is 3.57. The Morgan fingerprint density at radius 1 is 1.27 bits per heavy atom. The lowest BCUT2D eigenvalue weighted by molar-refractivity contribution is 0.208. The number of aliphatic imine (C=N–C) groups is 2. The molecule has 5 nitrogen and oxygen atoms in total. The summed E-state index contributed by atoms with van der Waals surface area (Å²) in [7, 11) is 0. The van der Waals surface area contributed by atoms with Gasteiger partial charge in [-0.1, -0.05) is 24.3 Å². The van der Waals surface area contributed by atoms with Crippen LogP contribution in [0.1, 0.15) is 25.7 Å². The van der Waals surface area contributed by atoms with Gasteiger partial charge in [0.25, 0.3) is 0 Å². The van der Waals surface area contributed by atoms with Crippen LogP contribution in [0.5, 0.6) is 0 Å².